The summed E-state index contributed by atoms with van der Waals surface area (Å²) in [6.07, 6.45) is 2.50. The Morgan fingerprint density at radius 2 is 1.69 bits per heavy atom. The van der Waals surface area contributed by atoms with Crippen LogP contribution in [0, 0.1) is 0 Å². The molecule has 0 fully saturated rings. The number of aromatic nitrogens is 2. The highest BCUT2D eigenvalue weighted by molar-refractivity contribution is 5.88. The van der Waals surface area contributed by atoms with E-state index in [4.69, 9.17) is 4.42 Å². The minimum absolute atomic E-state index is 0.0721. The summed E-state index contributed by atoms with van der Waals surface area (Å²) in [5.74, 6) is 0.748. The first-order valence-corrected chi connectivity index (χ1v) is 11.8. The largest absolute Gasteiger partial charge is 0.416 e. The second kappa shape index (κ2) is 9.82. The van der Waals surface area contributed by atoms with Crippen LogP contribution in [-0.2, 0) is 24.2 Å². The van der Waals surface area contributed by atoms with Crippen molar-refractivity contribution in [2.24, 2.45) is 0 Å². The fraction of sp³-hybridized carbons (Fsp3) is 0.250. The lowest BCUT2D eigenvalue weighted by Crippen LogP contribution is -2.52. The molecule has 0 saturated carbocycles. The Morgan fingerprint density at radius 1 is 0.971 bits per heavy atom. The average molecular weight is 469 g/mol. The Hall–Kier alpha value is -3.81. The number of hydrogen-bond donors (Lipinski definition) is 3. The summed E-state index contributed by atoms with van der Waals surface area (Å²) >= 11 is 0. The van der Waals surface area contributed by atoms with Gasteiger partial charge in [0.1, 0.15) is 0 Å². The van der Waals surface area contributed by atoms with Crippen LogP contribution < -0.4 is 10.6 Å². The number of anilines is 1. The first kappa shape index (κ1) is 23.0. The van der Waals surface area contributed by atoms with Gasteiger partial charge in [-0.25, -0.2) is 0 Å². The summed E-state index contributed by atoms with van der Waals surface area (Å²) in [4.78, 5) is 11.2. The van der Waals surface area contributed by atoms with E-state index < -0.39 is 0 Å². The number of fused-ring (bicyclic) bond motifs is 1. The molecule has 5 rings (SSSR count). The van der Waals surface area contributed by atoms with E-state index in [1.165, 1.54) is 23.6 Å². The Morgan fingerprint density at radius 3 is 2.40 bits per heavy atom. The minimum atomic E-state index is -0.364. The van der Waals surface area contributed by atoms with Gasteiger partial charge in [-0.3, -0.25) is 4.79 Å². The van der Waals surface area contributed by atoms with Gasteiger partial charge in [-0.05, 0) is 72.4 Å². The Kier molecular flexibility index (Phi) is 6.44. The molecule has 7 heteroatoms. The molecule has 35 heavy (non-hydrogen) atoms. The van der Waals surface area contributed by atoms with Crippen LogP contribution in [0.2, 0.25) is 0 Å². The SMILES string of the molecule is CC(=O)Nc1ccc(-c2nnc(-c3ccc4c(c3)C[C@@](CO)(NCc3ccccc3)CC4)o2)cc1. The molecule has 7 nitrogen and oxygen atoms in total. The van der Waals surface area contributed by atoms with Crippen LogP contribution in [0.25, 0.3) is 22.9 Å². The van der Waals surface area contributed by atoms with Gasteiger partial charge in [-0.15, -0.1) is 10.2 Å². The topological polar surface area (TPSA) is 100 Å². The lowest BCUT2D eigenvalue weighted by atomic mass is 9.77. The molecule has 3 aromatic carbocycles. The number of nitrogens with one attached hydrogen (secondary N) is 2. The van der Waals surface area contributed by atoms with Crippen LogP contribution in [-0.4, -0.2) is 33.4 Å². The fourth-order valence-corrected chi connectivity index (χ4v) is 4.58. The molecule has 0 saturated heterocycles. The first-order valence-electron chi connectivity index (χ1n) is 11.8. The Bertz CT molecular complexity index is 1320. The molecular formula is C28H28N4O3. The minimum Gasteiger partial charge on any atom is -0.416 e. The van der Waals surface area contributed by atoms with Crippen molar-refractivity contribution in [3.05, 3.63) is 89.5 Å². The van der Waals surface area contributed by atoms with Gasteiger partial charge in [-0.2, -0.15) is 0 Å². The van der Waals surface area contributed by atoms with Crippen LogP contribution in [0.4, 0.5) is 5.69 Å². The molecule has 1 aromatic heterocycles. The summed E-state index contributed by atoms with van der Waals surface area (Å²) in [5, 5.41) is 25.1. The van der Waals surface area contributed by atoms with Crippen LogP contribution in [0.3, 0.4) is 0 Å². The third-order valence-corrected chi connectivity index (χ3v) is 6.55. The summed E-state index contributed by atoms with van der Waals surface area (Å²) in [6, 6.07) is 23.8. The highest BCUT2D eigenvalue weighted by atomic mass is 16.4. The van der Waals surface area contributed by atoms with Crippen molar-refractivity contribution in [2.45, 2.75) is 38.3 Å². The lowest BCUT2D eigenvalue weighted by Gasteiger charge is -2.38. The van der Waals surface area contributed by atoms with Crippen molar-refractivity contribution in [1.82, 2.24) is 15.5 Å². The van der Waals surface area contributed by atoms with Gasteiger partial charge in [0.05, 0.1) is 6.61 Å². The fourth-order valence-electron chi connectivity index (χ4n) is 4.58. The molecule has 1 amide bonds. The monoisotopic (exact) mass is 468 g/mol. The zero-order valence-corrected chi connectivity index (χ0v) is 19.6. The number of rotatable bonds is 7. The van der Waals surface area contributed by atoms with Crippen molar-refractivity contribution in [1.29, 1.82) is 0 Å². The zero-order chi connectivity index (χ0) is 24.3. The van der Waals surface area contributed by atoms with E-state index in [0.717, 1.165) is 30.4 Å². The van der Waals surface area contributed by atoms with Gasteiger partial charge in [0, 0.05) is 35.8 Å². The lowest BCUT2D eigenvalue weighted by molar-refractivity contribution is -0.114. The van der Waals surface area contributed by atoms with E-state index in [9.17, 15) is 9.90 Å². The maximum atomic E-state index is 11.2. The maximum Gasteiger partial charge on any atom is 0.248 e. The van der Waals surface area contributed by atoms with Crippen molar-refractivity contribution >= 4 is 11.6 Å². The van der Waals surface area contributed by atoms with E-state index in [1.54, 1.807) is 12.1 Å². The number of nitrogens with zero attached hydrogens (tertiary/aromatic N) is 2. The molecule has 1 heterocycles. The number of carbonyl (C=O) groups is 1. The molecule has 0 radical (unpaired) electrons. The number of amides is 1. The Labute approximate surface area is 204 Å². The zero-order valence-electron chi connectivity index (χ0n) is 19.6. The van der Waals surface area contributed by atoms with E-state index in [2.05, 4.69) is 45.1 Å². The van der Waals surface area contributed by atoms with Crippen molar-refractivity contribution in [3.63, 3.8) is 0 Å². The number of benzene rings is 3. The third kappa shape index (κ3) is 5.16. The van der Waals surface area contributed by atoms with Gasteiger partial charge in [-0.1, -0.05) is 36.4 Å². The predicted molar refractivity (Wildman–Crippen MR) is 135 cm³/mol. The number of aliphatic hydroxyl groups is 1. The molecule has 0 bridgehead atoms. The Balaban J connectivity index is 1.33. The van der Waals surface area contributed by atoms with Crippen molar-refractivity contribution in [3.8, 4) is 22.9 Å². The summed E-state index contributed by atoms with van der Waals surface area (Å²) in [7, 11) is 0. The number of carbonyl (C=O) groups excluding carboxylic acids is 1. The average Bonchev–Trinajstić information content (AvgIpc) is 3.38. The van der Waals surface area contributed by atoms with Crippen LogP contribution >= 0.6 is 0 Å². The third-order valence-electron chi connectivity index (χ3n) is 6.55. The standard InChI is InChI=1S/C28H28N4O3/c1-19(34)30-25-11-9-22(10-12-25)26-31-32-27(35-26)23-8-7-21-13-14-28(18-33,16-24(21)15-23)29-17-20-5-3-2-4-6-20/h2-12,15,29,33H,13-14,16-18H2,1H3,(H,30,34)/t28-/m0/s1. The van der Waals surface area contributed by atoms with Crippen LogP contribution in [0.15, 0.2) is 77.2 Å². The summed E-state index contributed by atoms with van der Waals surface area (Å²) in [6.45, 7) is 2.26. The smallest absolute Gasteiger partial charge is 0.248 e. The number of aryl methyl sites for hydroxylation is 1. The molecule has 1 aliphatic carbocycles. The van der Waals surface area contributed by atoms with Crippen LogP contribution in [0.1, 0.15) is 30.0 Å². The number of aliphatic hydroxyl groups excluding tert-OH is 1. The van der Waals surface area contributed by atoms with E-state index >= 15 is 0 Å². The molecule has 1 atom stereocenters. The van der Waals surface area contributed by atoms with Gasteiger partial charge >= 0.3 is 0 Å². The first-order chi connectivity index (χ1) is 17.0. The molecule has 1 aliphatic rings. The second-order valence-electron chi connectivity index (χ2n) is 9.11. The summed E-state index contributed by atoms with van der Waals surface area (Å²) < 4.78 is 5.98. The molecule has 0 spiro atoms. The van der Waals surface area contributed by atoms with Crippen LogP contribution in [0.5, 0.6) is 0 Å². The highest BCUT2D eigenvalue weighted by Gasteiger charge is 2.33. The van der Waals surface area contributed by atoms with E-state index in [-0.39, 0.29) is 18.1 Å². The molecule has 178 valence electrons. The second-order valence-corrected chi connectivity index (χ2v) is 9.11. The highest BCUT2D eigenvalue weighted by Crippen LogP contribution is 2.33. The quantitative estimate of drug-likeness (QED) is 0.372. The van der Waals surface area contributed by atoms with Gasteiger partial charge in [0.15, 0.2) is 0 Å². The van der Waals surface area contributed by atoms with E-state index in [0.29, 0.717) is 24.0 Å². The van der Waals surface area contributed by atoms with Crippen molar-refractivity contribution in [2.75, 3.05) is 11.9 Å². The van der Waals surface area contributed by atoms with Gasteiger partial charge < -0.3 is 20.2 Å². The van der Waals surface area contributed by atoms with E-state index in [1.807, 2.05) is 36.4 Å². The molecule has 3 N–H and O–H groups in total. The van der Waals surface area contributed by atoms with Crippen molar-refractivity contribution < 1.29 is 14.3 Å². The van der Waals surface area contributed by atoms with Gasteiger partial charge in [0.25, 0.3) is 0 Å². The predicted octanol–water partition coefficient (Wildman–Crippen LogP) is 4.37. The maximum absolute atomic E-state index is 11.2. The van der Waals surface area contributed by atoms with Gasteiger partial charge in [0.2, 0.25) is 17.7 Å². The summed E-state index contributed by atoms with van der Waals surface area (Å²) in [5.41, 5.74) is 5.65. The number of hydrogen-bond acceptors (Lipinski definition) is 6. The molecule has 4 aromatic rings. The normalized spacial score (nSPS) is 17.1. The molecule has 0 unspecified atom stereocenters. The molecular weight excluding hydrogens is 440 g/mol. The molecule has 0 aliphatic heterocycles.